The maximum absolute atomic E-state index is 13.3. The number of rotatable bonds is 7. The fraction of sp³-hybridized carbons (Fsp3) is 0.160. The van der Waals surface area contributed by atoms with Crippen LogP contribution in [0.25, 0.3) is 16.5 Å². The summed E-state index contributed by atoms with van der Waals surface area (Å²) in [6.07, 6.45) is 0. The van der Waals surface area contributed by atoms with Crippen LogP contribution in [0, 0.1) is 0 Å². The molecule has 0 spiro atoms. The molecule has 8 nitrogen and oxygen atoms in total. The van der Waals surface area contributed by atoms with Crippen LogP contribution in [0.15, 0.2) is 71.5 Å². The van der Waals surface area contributed by atoms with E-state index >= 15 is 0 Å². The van der Waals surface area contributed by atoms with Crippen LogP contribution in [0.5, 0.6) is 17.2 Å². The Balaban J connectivity index is 1.87. The molecule has 1 N–H and O–H groups in total. The number of carbonyl (C=O) groups is 1. The highest BCUT2D eigenvalue weighted by atomic mass is 16.5. The van der Waals surface area contributed by atoms with Gasteiger partial charge in [0.05, 0.1) is 31.9 Å². The smallest absolute Gasteiger partial charge is 0.279 e. The number of fused-ring (bicyclic) bond motifs is 1. The minimum absolute atomic E-state index is 0.0920. The third-order valence-corrected chi connectivity index (χ3v) is 5.07. The van der Waals surface area contributed by atoms with E-state index < -0.39 is 5.91 Å². The molecule has 0 saturated carbocycles. The zero-order valence-electron chi connectivity index (χ0n) is 18.5. The minimum atomic E-state index is -0.473. The van der Waals surface area contributed by atoms with Crippen molar-refractivity contribution < 1.29 is 19.0 Å². The quantitative estimate of drug-likeness (QED) is 0.461. The molecule has 0 saturated heterocycles. The number of hydrogen-bond donors (Lipinski definition) is 1. The van der Waals surface area contributed by atoms with Crippen molar-refractivity contribution in [2.24, 2.45) is 0 Å². The molecule has 8 heteroatoms. The number of para-hydroxylation sites is 2. The summed E-state index contributed by atoms with van der Waals surface area (Å²) in [5, 5.41) is 8.09. The van der Waals surface area contributed by atoms with Gasteiger partial charge in [-0.3, -0.25) is 9.59 Å². The lowest BCUT2D eigenvalue weighted by Gasteiger charge is -2.15. The fourth-order valence-electron chi connectivity index (χ4n) is 3.51. The van der Waals surface area contributed by atoms with Gasteiger partial charge in [0.25, 0.3) is 11.5 Å². The van der Waals surface area contributed by atoms with Crippen LogP contribution in [0.2, 0.25) is 0 Å². The largest absolute Gasteiger partial charge is 0.497 e. The lowest BCUT2D eigenvalue weighted by Crippen LogP contribution is -2.27. The SMILES string of the molecule is CCOc1ccccc1NC(=O)c1nn(-c2ccc(OC)cc2OC)c(=O)c2ccccc12. The second-order valence-corrected chi connectivity index (χ2v) is 7.03. The summed E-state index contributed by atoms with van der Waals surface area (Å²) in [6.45, 7) is 2.32. The molecule has 0 aliphatic carbocycles. The van der Waals surface area contributed by atoms with Crippen LogP contribution in [0.3, 0.4) is 0 Å². The number of carbonyl (C=O) groups excluding carboxylic acids is 1. The van der Waals surface area contributed by atoms with E-state index in [1.54, 1.807) is 60.7 Å². The molecule has 0 unspecified atom stereocenters. The van der Waals surface area contributed by atoms with Crippen LogP contribution in [-0.4, -0.2) is 36.5 Å². The monoisotopic (exact) mass is 445 g/mol. The zero-order valence-corrected chi connectivity index (χ0v) is 18.5. The van der Waals surface area contributed by atoms with Gasteiger partial charge in [-0.15, -0.1) is 0 Å². The topological polar surface area (TPSA) is 91.7 Å². The molecule has 0 bridgehead atoms. The van der Waals surface area contributed by atoms with E-state index in [4.69, 9.17) is 14.2 Å². The van der Waals surface area contributed by atoms with E-state index in [1.165, 1.54) is 18.9 Å². The first-order valence-corrected chi connectivity index (χ1v) is 10.3. The van der Waals surface area contributed by atoms with Gasteiger partial charge in [0.1, 0.15) is 22.9 Å². The first-order chi connectivity index (χ1) is 16.1. The Hall–Kier alpha value is -4.33. The van der Waals surface area contributed by atoms with Crippen LogP contribution in [-0.2, 0) is 0 Å². The van der Waals surface area contributed by atoms with Crippen LogP contribution in [0.1, 0.15) is 17.4 Å². The highest BCUT2D eigenvalue weighted by Crippen LogP contribution is 2.28. The minimum Gasteiger partial charge on any atom is -0.497 e. The Labute approximate surface area is 190 Å². The van der Waals surface area contributed by atoms with E-state index in [9.17, 15) is 9.59 Å². The lowest BCUT2D eigenvalue weighted by molar-refractivity contribution is 0.102. The number of hydrogen-bond acceptors (Lipinski definition) is 6. The van der Waals surface area contributed by atoms with Gasteiger partial charge >= 0.3 is 0 Å². The van der Waals surface area contributed by atoms with Gasteiger partial charge in [-0.05, 0) is 37.3 Å². The first kappa shape index (κ1) is 21.9. The van der Waals surface area contributed by atoms with Crippen molar-refractivity contribution in [2.75, 3.05) is 26.1 Å². The van der Waals surface area contributed by atoms with Gasteiger partial charge < -0.3 is 19.5 Å². The van der Waals surface area contributed by atoms with E-state index in [1.807, 2.05) is 13.0 Å². The van der Waals surface area contributed by atoms with Gasteiger partial charge in [0.2, 0.25) is 0 Å². The third-order valence-electron chi connectivity index (χ3n) is 5.07. The van der Waals surface area contributed by atoms with Gasteiger partial charge in [-0.1, -0.05) is 30.3 Å². The summed E-state index contributed by atoms with van der Waals surface area (Å²) < 4.78 is 17.5. The first-order valence-electron chi connectivity index (χ1n) is 10.3. The molecule has 1 amide bonds. The number of nitrogens with zero attached hydrogens (tertiary/aromatic N) is 2. The standard InChI is InChI=1S/C25H23N3O5/c1-4-33-21-12-8-7-11-19(21)26-24(29)23-17-9-5-6-10-18(17)25(30)28(27-23)20-14-13-16(31-2)15-22(20)32-3/h5-15H,4H2,1-3H3,(H,26,29). The lowest BCUT2D eigenvalue weighted by atomic mass is 10.1. The molecular formula is C25H23N3O5. The Kier molecular flexibility index (Phi) is 6.26. The maximum Gasteiger partial charge on any atom is 0.279 e. The molecule has 0 aliphatic heterocycles. The molecule has 1 heterocycles. The predicted molar refractivity (Wildman–Crippen MR) is 126 cm³/mol. The summed E-state index contributed by atoms with van der Waals surface area (Å²) in [5.41, 5.74) is 0.613. The Bertz CT molecular complexity index is 1380. The summed E-state index contributed by atoms with van der Waals surface area (Å²) in [7, 11) is 3.03. The van der Waals surface area contributed by atoms with E-state index in [-0.39, 0.29) is 11.3 Å². The van der Waals surface area contributed by atoms with Crippen LogP contribution >= 0.6 is 0 Å². The van der Waals surface area contributed by atoms with Crippen molar-refractivity contribution in [3.8, 4) is 22.9 Å². The van der Waals surface area contributed by atoms with Gasteiger partial charge in [0, 0.05) is 11.5 Å². The molecule has 3 aromatic carbocycles. The number of ether oxygens (including phenoxy) is 3. The Morgan fingerprint density at radius 3 is 2.39 bits per heavy atom. The van der Waals surface area contributed by atoms with Crippen LogP contribution < -0.4 is 25.1 Å². The van der Waals surface area contributed by atoms with Gasteiger partial charge in [-0.25, -0.2) is 0 Å². The normalized spacial score (nSPS) is 10.6. The number of methoxy groups -OCH3 is 2. The van der Waals surface area contributed by atoms with Crippen molar-refractivity contribution in [3.05, 3.63) is 82.8 Å². The summed E-state index contributed by atoms with van der Waals surface area (Å²) in [6, 6.07) is 19.0. The number of benzene rings is 3. The Morgan fingerprint density at radius 2 is 1.67 bits per heavy atom. The summed E-state index contributed by atoms with van der Waals surface area (Å²) in [5.74, 6) is 1.02. The number of nitrogens with one attached hydrogen (secondary N) is 1. The van der Waals surface area contributed by atoms with E-state index in [0.717, 1.165) is 0 Å². The molecule has 0 fully saturated rings. The third kappa shape index (κ3) is 4.23. The number of aromatic nitrogens is 2. The summed E-state index contributed by atoms with van der Waals surface area (Å²) >= 11 is 0. The second kappa shape index (κ2) is 9.44. The molecule has 1 aromatic heterocycles. The second-order valence-electron chi connectivity index (χ2n) is 7.03. The molecule has 168 valence electrons. The fourth-order valence-corrected chi connectivity index (χ4v) is 3.51. The molecule has 4 rings (SSSR count). The molecule has 0 atom stereocenters. The highest BCUT2D eigenvalue weighted by molar-refractivity contribution is 6.11. The number of amides is 1. The highest BCUT2D eigenvalue weighted by Gasteiger charge is 2.20. The van der Waals surface area contributed by atoms with Crippen molar-refractivity contribution in [1.29, 1.82) is 0 Å². The Morgan fingerprint density at radius 1 is 0.939 bits per heavy atom. The van der Waals surface area contributed by atoms with E-state index in [0.29, 0.717) is 46.0 Å². The van der Waals surface area contributed by atoms with Crippen LogP contribution in [0.4, 0.5) is 5.69 Å². The summed E-state index contributed by atoms with van der Waals surface area (Å²) in [4.78, 5) is 26.6. The molecule has 0 aliphatic rings. The van der Waals surface area contributed by atoms with Crippen molar-refractivity contribution >= 4 is 22.4 Å². The van der Waals surface area contributed by atoms with Crippen molar-refractivity contribution in [3.63, 3.8) is 0 Å². The molecule has 0 radical (unpaired) electrons. The predicted octanol–water partition coefficient (Wildman–Crippen LogP) is 4.05. The average Bonchev–Trinajstić information content (AvgIpc) is 2.85. The van der Waals surface area contributed by atoms with Gasteiger partial charge in [-0.2, -0.15) is 9.78 Å². The molecular weight excluding hydrogens is 422 g/mol. The molecule has 4 aromatic rings. The van der Waals surface area contributed by atoms with Gasteiger partial charge in [0.15, 0.2) is 5.69 Å². The number of anilines is 1. The van der Waals surface area contributed by atoms with Crippen molar-refractivity contribution in [1.82, 2.24) is 9.78 Å². The molecule has 33 heavy (non-hydrogen) atoms. The average molecular weight is 445 g/mol. The van der Waals surface area contributed by atoms with E-state index in [2.05, 4.69) is 10.4 Å². The maximum atomic E-state index is 13.3. The zero-order chi connectivity index (χ0) is 23.4. The van der Waals surface area contributed by atoms with Crippen molar-refractivity contribution in [2.45, 2.75) is 6.92 Å².